The van der Waals surface area contributed by atoms with Gasteiger partial charge in [-0.25, -0.2) is 4.79 Å². The van der Waals surface area contributed by atoms with Crippen LogP contribution < -0.4 is 15.4 Å². The van der Waals surface area contributed by atoms with Crippen molar-refractivity contribution in [3.8, 4) is 5.75 Å². The third kappa shape index (κ3) is 7.91. The van der Waals surface area contributed by atoms with Crippen LogP contribution in [-0.2, 0) is 11.2 Å². The van der Waals surface area contributed by atoms with Crippen LogP contribution in [0.25, 0.3) is 0 Å². The maximum atomic E-state index is 11.8. The molecule has 156 valence electrons. The number of aryl methyl sites for hydroxylation is 1. The lowest BCUT2D eigenvalue weighted by Gasteiger charge is -2.12. The van der Waals surface area contributed by atoms with Crippen LogP contribution in [0.5, 0.6) is 5.75 Å². The van der Waals surface area contributed by atoms with Crippen LogP contribution in [-0.4, -0.2) is 30.3 Å². The summed E-state index contributed by atoms with van der Waals surface area (Å²) in [6.07, 6.45) is 2.06. The number of thiocarbonyl (C=S) groups is 1. The summed E-state index contributed by atoms with van der Waals surface area (Å²) >= 11 is 11.5. The smallest absolute Gasteiger partial charge is 0.339 e. The number of esters is 1. The SMILES string of the molecule is CCOC(=O)c1ccc(NC(=S)NCCCc2ccc(OC(C)C)cc2)cc1Cl. The molecule has 0 aliphatic rings. The molecule has 0 atom stereocenters. The standard InChI is InChI=1S/C22H27ClN2O3S/c1-4-27-21(26)19-12-9-17(14-20(19)23)25-22(29)24-13-5-6-16-7-10-18(11-8-16)28-15(2)3/h7-12,14-15H,4-6,13H2,1-3H3,(H2,24,25,29). The Kier molecular flexibility index (Phi) is 9.22. The molecule has 0 fully saturated rings. The fraction of sp³-hybridized carbons (Fsp3) is 0.364. The van der Waals surface area contributed by atoms with E-state index in [1.165, 1.54) is 5.56 Å². The lowest BCUT2D eigenvalue weighted by molar-refractivity contribution is 0.0526. The molecule has 0 saturated heterocycles. The van der Waals surface area contributed by atoms with Gasteiger partial charge in [0, 0.05) is 12.2 Å². The largest absolute Gasteiger partial charge is 0.491 e. The number of benzene rings is 2. The second-order valence-corrected chi connectivity index (χ2v) is 7.53. The summed E-state index contributed by atoms with van der Waals surface area (Å²) in [7, 11) is 0. The van der Waals surface area contributed by atoms with Crippen LogP contribution in [0.4, 0.5) is 5.69 Å². The van der Waals surface area contributed by atoms with Crippen molar-refractivity contribution in [1.29, 1.82) is 0 Å². The molecular weight excluding hydrogens is 408 g/mol. The van der Waals surface area contributed by atoms with E-state index in [9.17, 15) is 4.79 Å². The first-order valence-corrected chi connectivity index (χ1v) is 10.4. The summed E-state index contributed by atoms with van der Waals surface area (Å²) in [4.78, 5) is 11.8. The van der Waals surface area contributed by atoms with Gasteiger partial charge in [0.05, 0.1) is 23.3 Å². The van der Waals surface area contributed by atoms with Crippen molar-refractivity contribution in [3.05, 3.63) is 58.6 Å². The average Bonchev–Trinajstić information content (AvgIpc) is 2.66. The van der Waals surface area contributed by atoms with Crippen molar-refractivity contribution in [2.75, 3.05) is 18.5 Å². The minimum atomic E-state index is -0.437. The lowest BCUT2D eigenvalue weighted by atomic mass is 10.1. The first-order valence-electron chi connectivity index (χ1n) is 9.66. The first-order chi connectivity index (χ1) is 13.9. The molecule has 2 aromatic carbocycles. The molecule has 0 aromatic heterocycles. The predicted octanol–water partition coefficient (Wildman–Crippen LogP) is 5.22. The lowest BCUT2D eigenvalue weighted by Crippen LogP contribution is -2.29. The van der Waals surface area contributed by atoms with Crippen molar-refractivity contribution in [2.24, 2.45) is 0 Å². The summed E-state index contributed by atoms with van der Waals surface area (Å²) < 4.78 is 10.6. The van der Waals surface area contributed by atoms with Crippen LogP contribution in [0.3, 0.4) is 0 Å². The first kappa shape index (κ1) is 23.0. The fourth-order valence-corrected chi connectivity index (χ4v) is 3.12. The topological polar surface area (TPSA) is 59.6 Å². The van der Waals surface area contributed by atoms with Gasteiger partial charge < -0.3 is 20.1 Å². The van der Waals surface area contributed by atoms with Gasteiger partial charge in [0.1, 0.15) is 5.75 Å². The van der Waals surface area contributed by atoms with Gasteiger partial charge in [0.15, 0.2) is 5.11 Å². The number of hydrogen-bond acceptors (Lipinski definition) is 4. The van der Waals surface area contributed by atoms with Crippen molar-refractivity contribution >= 4 is 40.6 Å². The highest BCUT2D eigenvalue weighted by molar-refractivity contribution is 7.80. The van der Waals surface area contributed by atoms with Gasteiger partial charge in [-0.05, 0) is 81.7 Å². The van der Waals surface area contributed by atoms with Crippen LogP contribution in [0.1, 0.15) is 43.1 Å². The van der Waals surface area contributed by atoms with E-state index < -0.39 is 5.97 Å². The van der Waals surface area contributed by atoms with Crippen LogP contribution in [0.2, 0.25) is 5.02 Å². The number of hydrogen-bond donors (Lipinski definition) is 2. The summed E-state index contributed by atoms with van der Waals surface area (Å²) in [5.74, 6) is 0.452. The fourth-order valence-electron chi connectivity index (χ4n) is 2.64. The zero-order valence-electron chi connectivity index (χ0n) is 17.0. The number of rotatable bonds is 9. The Morgan fingerprint density at radius 2 is 1.90 bits per heavy atom. The highest BCUT2D eigenvalue weighted by Crippen LogP contribution is 2.22. The molecule has 0 spiro atoms. The van der Waals surface area contributed by atoms with Gasteiger partial charge in [0.25, 0.3) is 0 Å². The van der Waals surface area contributed by atoms with E-state index in [1.54, 1.807) is 25.1 Å². The van der Waals surface area contributed by atoms with E-state index in [0.29, 0.717) is 28.0 Å². The van der Waals surface area contributed by atoms with Crippen molar-refractivity contribution in [2.45, 2.75) is 39.7 Å². The molecule has 0 aliphatic heterocycles. The van der Waals surface area contributed by atoms with Crippen molar-refractivity contribution in [3.63, 3.8) is 0 Å². The number of carbonyl (C=O) groups is 1. The molecule has 0 radical (unpaired) electrons. The maximum Gasteiger partial charge on any atom is 0.339 e. The number of ether oxygens (including phenoxy) is 2. The molecule has 0 amide bonds. The Hall–Kier alpha value is -2.31. The second-order valence-electron chi connectivity index (χ2n) is 6.71. The van der Waals surface area contributed by atoms with Gasteiger partial charge in [-0.15, -0.1) is 0 Å². The Labute approximate surface area is 182 Å². The molecule has 0 heterocycles. The molecule has 0 saturated carbocycles. The number of carbonyl (C=O) groups excluding carboxylic acids is 1. The molecule has 29 heavy (non-hydrogen) atoms. The number of nitrogens with one attached hydrogen (secondary N) is 2. The minimum Gasteiger partial charge on any atom is -0.491 e. The van der Waals surface area contributed by atoms with Gasteiger partial charge in [-0.2, -0.15) is 0 Å². The third-order valence-electron chi connectivity index (χ3n) is 3.95. The Morgan fingerprint density at radius 1 is 1.17 bits per heavy atom. The Morgan fingerprint density at radius 3 is 2.52 bits per heavy atom. The van der Waals surface area contributed by atoms with Gasteiger partial charge in [0.2, 0.25) is 0 Å². The van der Waals surface area contributed by atoms with E-state index in [0.717, 1.165) is 25.1 Å². The molecular formula is C22H27ClN2O3S. The Bertz CT molecular complexity index is 825. The van der Waals surface area contributed by atoms with Gasteiger partial charge >= 0.3 is 5.97 Å². The van der Waals surface area contributed by atoms with Crippen LogP contribution in [0, 0.1) is 0 Å². The summed E-state index contributed by atoms with van der Waals surface area (Å²) in [6, 6.07) is 13.2. The van der Waals surface area contributed by atoms with Gasteiger partial charge in [-0.1, -0.05) is 23.7 Å². The predicted molar refractivity (Wildman–Crippen MR) is 122 cm³/mol. The van der Waals surface area contributed by atoms with Crippen molar-refractivity contribution < 1.29 is 14.3 Å². The molecule has 7 heteroatoms. The zero-order valence-corrected chi connectivity index (χ0v) is 18.5. The zero-order chi connectivity index (χ0) is 21.2. The molecule has 2 rings (SSSR count). The molecule has 2 N–H and O–H groups in total. The third-order valence-corrected chi connectivity index (χ3v) is 4.50. The molecule has 0 bridgehead atoms. The van der Waals surface area contributed by atoms with E-state index >= 15 is 0 Å². The number of anilines is 1. The average molecular weight is 435 g/mol. The summed E-state index contributed by atoms with van der Waals surface area (Å²) in [6.45, 7) is 6.82. The monoisotopic (exact) mass is 434 g/mol. The molecule has 2 aromatic rings. The van der Waals surface area contributed by atoms with Crippen molar-refractivity contribution in [1.82, 2.24) is 5.32 Å². The normalized spacial score (nSPS) is 10.5. The Balaban J connectivity index is 1.74. The summed E-state index contributed by atoms with van der Waals surface area (Å²) in [5.41, 5.74) is 2.30. The quantitative estimate of drug-likeness (QED) is 0.320. The molecule has 0 unspecified atom stereocenters. The van der Waals surface area contributed by atoms with E-state index in [2.05, 4.69) is 22.8 Å². The summed E-state index contributed by atoms with van der Waals surface area (Å²) in [5, 5.41) is 7.08. The minimum absolute atomic E-state index is 0.176. The van der Waals surface area contributed by atoms with E-state index in [1.807, 2.05) is 26.0 Å². The number of halogens is 1. The highest BCUT2D eigenvalue weighted by Gasteiger charge is 2.12. The molecule has 0 aliphatic carbocycles. The van der Waals surface area contributed by atoms with Crippen LogP contribution in [0.15, 0.2) is 42.5 Å². The maximum absolute atomic E-state index is 11.8. The second kappa shape index (κ2) is 11.6. The highest BCUT2D eigenvalue weighted by atomic mass is 35.5. The van der Waals surface area contributed by atoms with Gasteiger partial charge in [-0.3, -0.25) is 0 Å². The van der Waals surface area contributed by atoms with E-state index in [-0.39, 0.29) is 6.10 Å². The van der Waals surface area contributed by atoms with Crippen LogP contribution >= 0.6 is 23.8 Å². The van der Waals surface area contributed by atoms with E-state index in [4.69, 9.17) is 33.3 Å². The molecule has 5 nitrogen and oxygen atoms in total.